The van der Waals surface area contributed by atoms with E-state index < -0.39 is 5.82 Å². The maximum Gasteiger partial charge on any atom is 0.268 e. The molecule has 2 aromatic heterocycles. The topological polar surface area (TPSA) is 44.1 Å². The van der Waals surface area contributed by atoms with Gasteiger partial charge in [0.05, 0.1) is 16.6 Å². The highest BCUT2D eigenvalue weighted by atomic mass is 35.5. The standard InChI is InChI=1S/C21H12ClFN2O2/c22-13-8-6-12(7-9-13)11-27-20-17-14(23)3-1-4-15(17)24-19-16-5-2-10-25(16)21(26)18(19)20/h1-10H,11H2. The molecular weight excluding hydrogens is 367 g/mol. The van der Waals surface area contributed by atoms with Crippen molar-refractivity contribution < 1.29 is 13.9 Å². The number of carbonyl (C=O) groups is 1. The Morgan fingerprint density at radius 1 is 1.07 bits per heavy atom. The lowest BCUT2D eigenvalue weighted by molar-refractivity contribution is 0.0965. The first-order valence-corrected chi connectivity index (χ1v) is 8.73. The van der Waals surface area contributed by atoms with Crippen LogP contribution in [0.3, 0.4) is 0 Å². The number of nitrogens with zero attached hydrogens (tertiary/aromatic N) is 2. The largest absolute Gasteiger partial charge is 0.487 e. The first-order chi connectivity index (χ1) is 13.1. The molecule has 0 spiro atoms. The third-order valence-corrected chi connectivity index (χ3v) is 4.89. The molecule has 4 aromatic rings. The van der Waals surface area contributed by atoms with Gasteiger partial charge in [-0.25, -0.2) is 9.37 Å². The molecule has 132 valence electrons. The van der Waals surface area contributed by atoms with E-state index in [-0.39, 0.29) is 29.2 Å². The summed E-state index contributed by atoms with van der Waals surface area (Å²) in [4.78, 5) is 17.4. The van der Waals surface area contributed by atoms with Crippen LogP contribution in [0.15, 0.2) is 60.8 Å². The minimum Gasteiger partial charge on any atom is -0.487 e. The molecule has 0 bridgehead atoms. The van der Waals surface area contributed by atoms with Crippen molar-refractivity contribution in [2.24, 2.45) is 0 Å². The number of aromatic nitrogens is 2. The van der Waals surface area contributed by atoms with Gasteiger partial charge in [0.1, 0.15) is 29.4 Å². The molecule has 1 aliphatic heterocycles. The van der Waals surface area contributed by atoms with Crippen molar-refractivity contribution in [1.29, 1.82) is 0 Å². The highest BCUT2D eigenvalue weighted by molar-refractivity contribution is 6.30. The summed E-state index contributed by atoms with van der Waals surface area (Å²) in [5.74, 6) is -0.524. The van der Waals surface area contributed by atoms with Gasteiger partial charge in [-0.3, -0.25) is 9.36 Å². The molecule has 0 unspecified atom stereocenters. The van der Waals surface area contributed by atoms with Gasteiger partial charge in [-0.15, -0.1) is 0 Å². The van der Waals surface area contributed by atoms with Crippen LogP contribution in [0.4, 0.5) is 4.39 Å². The van der Waals surface area contributed by atoms with Gasteiger partial charge in [0, 0.05) is 11.2 Å². The number of pyridine rings is 1. The Kier molecular flexibility index (Phi) is 3.52. The lowest BCUT2D eigenvalue weighted by Crippen LogP contribution is -2.08. The van der Waals surface area contributed by atoms with Crippen LogP contribution in [0.1, 0.15) is 15.9 Å². The summed E-state index contributed by atoms with van der Waals surface area (Å²) in [5.41, 5.74) is 2.78. The van der Waals surface area contributed by atoms with E-state index in [2.05, 4.69) is 4.98 Å². The molecule has 2 aromatic carbocycles. The van der Waals surface area contributed by atoms with Crippen molar-refractivity contribution in [2.45, 2.75) is 6.61 Å². The third-order valence-electron chi connectivity index (χ3n) is 4.64. The van der Waals surface area contributed by atoms with Crippen LogP contribution in [0.2, 0.25) is 5.02 Å². The van der Waals surface area contributed by atoms with Gasteiger partial charge in [0.25, 0.3) is 5.91 Å². The number of fused-ring (bicyclic) bond motifs is 4. The molecule has 0 fully saturated rings. The zero-order chi connectivity index (χ0) is 18.5. The molecule has 0 amide bonds. The smallest absolute Gasteiger partial charge is 0.268 e. The molecule has 5 rings (SSSR count). The molecule has 0 aliphatic carbocycles. The molecule has 0 N–H and O–H groups in total. The van der Waals surface area contributed by atoms with Crippen molar-refractivity contribution in [2.75, 3.05) is 0 Å². The Bertz CT molecular complexity index is 1220. The average molecular weight is 379 g/mol. The SMILES string of the molecule is O=C1c2c(nc3cccc(F)c3c2OCc2ccc(Cl)cc2)-c2cccn21. The van der Waals surface area contributed by atoms with Crippen LogP contribution in [0.25, 0.3) is 22.3 Å². The average Bonchev–Trinajstić information content (AvgIpc) is 3.24. The second kappa shape index (κ2) is 5.93. The van der Waals surface area contributed by atoms with Crippen molar-refractivity contribution >= 4 is 28.4 Å². The minimum absolute atomic E-state index is 0.180. The number of halogens is 2. The lowest BCUT2D eigenvalue weighted by atomic mass is 10.1. The van der Waals surface area contributed by atoms with Crippen molar-refractivity contribution in [3.05, 3.63) is 82.8 Å². The van der Waals surface area contributed by atoms with Crippen molar-refractivity contribution in [3.8, 4) is 17.1 Å². The van der Waals surface area contributed by atoms with E-state index in [1.54, 1.807) is 36.5 Å². The summed E-state index contributed by atoms with van der Waals surface area (Å²) in [6.45, 7) is 0.180. The molecule has 0 saturated carbocycles. The molecule has 4 nitrogen and oxygen atoms in total. The van der Waals surface area contributed by atoms with Gasteiger partial charge < -0.3 is 4.74 Å². The number of benzene rings is 2. The Hall–Kier alpha value is -3.18. The summed E-state index contributed by atoms with van der Waals surface area (Å²) in [5, 5.41) is 0.832. The van der Waals surface area contributed by atoms with Crippen LogP contribution in [0, 0.1) is 5.82 Å². The highest BCUT2D eigenvalue weighted by Gasteiger charge is 2.33. The Balaban J connectivity index is 1.69. The fourth-order valence-corrected chi connectivity index (χ4v) is 3.50. The molecule has 3 heterocycles. The van der Waals surface area contributed by atoms with Gasteiger partial charge in [-0.05, 0) is 42.0 Å². The zero-order valence-electron chi connectivity index (χ0n) is 13.9. The molecule has 27 heavy (non-hydrogen) atoms. The first kappa shape index (κ1) is 16.0. The summed E-state index contributed by atoms with van der Waals surface area (Å²) in [6.07, 6.45) is 1.67. The second-order valence-corrected chi connectivity index (χ2v) is 6.72. The van der Waals surface area contributed by atoms with Gasteiger partial charge in [0.2, 0.25) is 0 Å². The van der Waals surface area contributed by atoms with E-state index in [1.807, 2.05) is 18.2 Å². The Morgan fingerprint density at radius 3 is 2.70 bits per heavy atom. The van der Waals surface area contributed by atoms with Crippen LogP contribution in [0.5, 0.6) is 5.75 Å². The minimum atomic E-state index is -0.474. The van der Waals surface area contributed by atoms with Crippen LogP contribution >= 0.6 is 11.6 Å². The third kappa shape index (κ3) is 2.43. The van der Waals surface area contributed by atoms with E-state index in [9.17, 15) is 9.18 Å². The highest BCUT2D eigenvalue weighted by Crippen LogP contribution is 2.41. The summed E-state index contributed by atoms with van der Waals surface area (Å²) in [7, 11) is 0. The predicted molar refractivity (Wildman–Crippen MR) is 101 cm³/mol. The first-order valence-electron chi connectivity index (χ1n) is 8.35. The van der Waals surface area contributed by atoms with Crippen LogP contribution in [-0.2, 0) is 6.61 Å². The van der Waals surface area contributed by atoms with Gasteiger partial charge in [-0.2, -0.15) is 0 Å². The van der Waals surface area contributed by atoms with E-state index in [0.29, 0.717) is 21.9 Å². The van der Waals surface area contributed by atoms with Crippen LogP contribution in [-0.4, -0.2) is 15.5 Å². The van der Waals surface area contributed by atoms with Crippen molar-refractivity contribution in [1.82, 2.24) is 9.55 Å². The fourth-order valence-electron chi connectivity index (χ4n) is 3.38. The molecule has 6 heteroatoms. The van der Waals surface area contributed by atoms with E-state index in [1.165, 1.54) is 10.6 Å². The van der Waals surface area contributed by atoms with E-state index >= 15 is 0 Å². The summed E-state index contributed by atoms with van der Waals surface area (Å²) < 4.78 is 22.1. The van der Waals surface area contributed by atoms with Crippen LogP contribution < -0.4 is 4.74 Å². The van der Waals surface area contributed by atoms with Gasteiger partial charge in [-0.1, -0.05) is 29.8 Å². The van der Waals surface area contributed by atoms with Gasteiger partial charge in [0.15, 0.2) is 0 Å². The Morgan fingerprint density at radius 2 is 1.89 bits per heavy atom. The van der Waals surface area contributed by atoms with E-state index in [4.69, 9.17) is 16.3 Å². The zero-order valence-corrected chi connectivity index (χ0v) is 14.7. The second-order valence-electron chi connectivity index (χ2n) is 6.28. The number of ether oxygens (including phenoxy) is 1. The number of hydrogen-bond acceptors (Lipinski definition) is 3. The normalized spacial score (nSPS) is 12.3. The maximum atomic E-state index is 14.6. The molecule has 1 aliphatic rings. The quantitative estimate of drug-likeness (QED) is 0.440. The molecule has 0 atom stereocenters. The summed E-state index contributed by atoms with van der Waals surface area (Å²) in [6, 6.07) is 15.4. The van der Waals surface area contributed by atoms with E-state index in [0.717, 1.165) is 5.56 Å². The van der Waals surface area contributed by atoms with Crippen molar-refractivity contribution in [3.63, 3.8) is 0 Å². The number of hydrogen-bond donors (Lipinski definition) is 0. The predicted octanol–water partition coefficient (Wildman–Crippen LogP) is 5.08. The number of rotatable bonds is 3. The maximum absolute atomic E-state index is 14.6. The Labute approximate surface area is 158 Å². The lowest BCUT2D eigenvalue weighted by Gasteiger charge is -2.13. The van der Waals surface area contributed by atoms with Gasteiger partial charge >= 0.3 is 0 Å². The monoisotopic (exact) mass is 378 g/mol. The fraction of sp³-hybridized carbons (Fsp3) is 0.0476. The molecule has 0 saturated heterocycles. The number of carbonyl (C=O) groups excluding carboxylic acids is 1. The summed E-state index contributed by atoms with van der Waals surface area (Å²) >= 11 is 5.92. The molecule has 0 radical (unpaired) electrons. The molecular formula is C21H12ClFN2O2.